The summed E-state index contributed by atoms with van der Waals surface area (Å²) in [5.41, 5.74) is -0.0308. The predicted molar refractivity (Wildman–Crippen MR) is 56.9 cm³/mol. The number of rotatable bonds is 3. The Labute approximate surface area is 92.1 Å². The molecule has 82 valence electrons. The minimum atomic E-state index is -0.526. The fourth-order valence-electron chi connectivity index (χ4n) is 1.35. The van der Waals surface area contributed by atoms with Gasteiger partial charge in [-0.15, -0.1) is 0 Å². The van der Waals surface area contributed by atoms with Gasteiger partial charge in [0.15, 0.2) is 0 Å². The van der Waals surface area contributed by atoms with E-state index in [1.807, 2.05) is 13.0 Å². The Morgan fingerprint density at radius 1 is 1.69 bits per heavy atom. The highest BCUT2D eigenvalue weighted by Gasteiger charge is 2.39. The quantitative estimate of drug-likeness (QED) is 0.617. The van der Waals surface area contributed by atoms with Gasteiger partial charge in [-0.2, -0.15) is 5.26 Å². The van der Waals surface area contributed by atoms with Crippen molar-refractivity contribution in [2.75, 3.05) is 5.32 Å². The van der Waals surface area contributed by atoms with Crippen LogP contribution < -0.4 is 5.32 Å². The number of nitriles is 1. The zero-order chi connectivity index (χ0) is 11.8. The van der Waals surface area contributed by atoms with Crippen LogP contribution in [0.15, 0.2) is 12.3 Å². The molecule has 0 aliphatic heterocycles. The smallest absolute Gasteiger partial charge is 0.312 e. The monoisotopic (exact) mass is 218 g/mol. The highest BCUT2D eigenvalue weighted by Crippen LogP contribution is 2.39. The molecule has 1 fully saturated rings. The second kappa shape index (κ2) is 3.45. The van der Waals surface area contributed by atoms with E-state index in [0.717, 1.165) is 12.8 Å². The van der Waals surface area contributed by atoms with Crippen LogP contribution in [-0.4, -0.2) is 15.4 Å². The van der Waals surface area contributed by atoms with Gasteiger partial charge in [0.25, 0.3) is 0 Å². The number of hydrogen-bond acceptors (Lipinski definition) is 5. The van der Waals surface area contributed by atoms with Gasteiger partial charge < -0.3 is 5.32 Å². The van der Waals surface area contributed by atoms with Crippen LogP contribution >= 0.6 is 0 Å². The van der Waals surface area contributed by atoms with Crippen molar-refractivity contribution in [1.82, 2.24) is 4.98 Å². The van der Waals surface area contributed by atoms with Crippen molar-refractivity contribution in [1.29, 1.82) is 5.26 Å². The van der Waals surface area contributed by atoms with Gasteiger partial charge in [-0.3, -0.25) is 10.1 Å². The van der Waals surface area contributed by atoms with E-state index in [9.17, 15) is 10.1 Å². The van der Waals surface area contributed by atoms with Crippen LogP contribution in [0.25, 0.3) is 0 Å². The standard InChI is InChI=1S/C10H10N4O2/c1-10(2-3-10)13-9-8(14(15)16)4-7(5-11)6-12-9/h4,6H,2-3H2,1H3,(H,12,13). The van der Waals surface area contributed by atoms with Gasteiger partial charge in [0.1, 0.15) is 6.07 Å². The van der Waals surface area contributed by atoms with E-state index in [2.05, 4.69) is 10.3 Å². The minimum Gasteiger partial charge on any atom is -0.359 e. The molecule has 0 atom stereocenters. The molecule has 6 heteroatoms. The van der Waals surface area contributed by atoms with Crippen LogP contribution in [0.4, 0.5) is 11.5 Å². The van der Waals surface area contributed by atoms with E-state index < -0.39 is 4.92 Å². The molecule has 16 heavy (non-hydrogen) atoms. The van der Waals surface area contributed by atoms with Gasteiger partial charge in [-0.05, 0) is 19.8 Å². The predicted octanol–water partition coefficient (Wildman–Crippen LogP) is 1.83. The third-order valence-electron chi connectivity index (χ3n) is 2.61. The third kappa shape index (κ3) is 1.93. The maximum atomic E-state index is 10.8. The summed E-state index contributed by atoms with van der Waals surface area (Å²) in [6.45, 7) is 1.98. The summed E-state index contributed by atoms with van der Waals surface area (Å²) < 4.78 is 0. The van der Waals surface area contributed by atoms with Crippen molar-refractivity contribution >= 4 is 11.5 Å². The first-order valence-corrected chi connectivity index (χ1v) is 4.87. The van der Waals surface area contributed by atoms with Crippen molar-refractivity contribution < 1.29 is 4.92 Å². The number of hydrogen-bond donors (Lipinski definition) is 1. The summed E-state index contributed by atoms with van der Waals surface area (Å²) in [6, 6.07) is 3.07. The summed E-state index contributed by atoms with van der Waals surface area (Å²) >= 11 is 0. The van der Waals surface area contributed by atoms with Crippen molar-refractivity contribution in [2.45, 2.75) is 25.3 Å². The lowest BCUT2D eigenvalue weighted by Crippen LogP contribution is -2.18. The van der Waals surface area contributed by atoms with Gasteiger partial charge in [0.05, 0.1) is 10.5 Å². The molecule has 0 aromatic carbocycles. The minimum absolute atomic E-state index is 0.0775. The Balaban J connectivity index is 2.36. The Bertz CT molecular complexity index is 488. The molecule has 1 aromatic heterocycles. The SMILES string of the molecule is CC1(Nc2ncc(C#N)cc2[N+](=O)[O-])CC1. The molecule has 0 bridgehead atoms. The van der Waals surface area contributed by atoms with Gasteiger partial charge in [0.2, 0.25) is 5.82 Å². The normalized spacial score (nSPS) is 16.2. The fourth-order valence-corrected chi connectivity index (χ4v) is 1.35. The maximum Gasteiger partial charge on any atom is 0.312 e. The van der Waals surface area contributed by atoms with Crippen molar-refractivity contribution in [3.05, 3.63) is 27.9 Å². The average molecular weight is 218 g/mol. The number of aromatic nitrogens is 1. The topological polar surface area (TPSA) is 91.8 Å². The van der Waals surface area contributed by atoms with E-state index in [0.29, 0.717) is 0 Å². The molecule has 0 spiro atoms. The molecule has 1 aromatic rings. The molecular formula is C10H10N4O2. The first kappa shape index (κ1) is 10.4. The first-order valence-electron chi connectivity index (χ1n) is 4.87. The summed E-state index contributed by atoms with van der Waals surface area (Å²) in [5.74, 6) is 0.240. The van der Waals surface area contributed by atoms with E-state index in [4.69, 9.17) is 5.26 Å². The van der Waals surface area contributed by atoms with Gasteiger partial charge in [-0.25, -0.2) is 4.98 Å². The Morgan fingerprint density at radius 2 is 2.38 bits per heavy atom. The highest BCUT2D eigenvalue weighted by atomic mass is 16.6. The third-order valence-corrected chi connectivity index (χ3v) is 2.61. The van der Waals surface area contributed by atoms with Crippen LogP contribution in [0.2, 0.25) is 0 Å². The van der Waals surface area contributed by atoms with Crippen LogP contribution in [0.1, 0.15) is 25.3 Å². The summed E-state index contributed by atoms with van der Waals surface area (Å²) in [6.07, 6.45) is 3.29. The second-order valence-electron chi connectivity index (χ2n) is 4.15. The summed E-state index contributed by atoms with van der Waals surface area (Å²) in [7, 11) is 0. The van der Waals surface area contributed by atoms with E-state index in [-0.39, 0.29) is 22.6 Å². The average Bonchev–Trinajstić information content (AvgIpc) is 2.96. The zero-order valence-corrected chi connectivity index (χ0v) is 8.73. The number of nitrogens with one attached hydrogen (secondary N) is 1. The van der Waals surface area contributed by atoms with E-state index >= 15 is 0 Å². The number of nitrogens with zero attached hydrogens (tertiary/aromatic N) is 3. The van der Waals surface area contributed by atoms with E-state index in [1.165, 1.54) is 12.3 Å². The molecule has 1 heterocycles. The van der Waals surface area contributed by atoms with Crippen molar-refractivity contribution in [3.8, 4) is 6.07 Å². The van der Waals surface area contributed by atoms with Crippen LogP contribution in [0.3, 0.4) is 0 Å². The molecule has 0 saturated heterocycles. The highest BCUT2D eigenvalue weighted by molar-refractivity contribution is 5.60. The van der Waals surface area contributed by atoms with Crippen LogP contribution in [0.5, 0.6) is 0 Å². The maximum absolute atomic E-state index is 10.8. The Kier molecular flexibility index (Phi) is 2.23. The lowest BCUT2D eigenvalue weighted by Gasteiger charge is -2.11. The lowest BCUT2D eigenvalue weighted by molar-refractivity contribution is -0.384. The number of pyridine rings is 1. The van der Waals surface area contributed by atoms with Gasteiger partial charge >= 0.3 is 5.69 Å². The second-order valence-corrected chi connectivity index (χ2v) is 4.15. The van der Waals surface area contributed by atoms with Gasteiger partial charge in [0, 0.05) is 17.8 Å². The Hall–Kier alpha value is -2.16. The molecule has 6 nitrogen and oxygen atoms in total. The number of nitro groups is 1. The largest absolute Gasteiger partial charge is 0.359 e. The zero-order valence-electron chi connectivity index (χ0n) is 8.73. The molecule has 1 aliphatic rings. The molecule has 0 radical (unpaired) electrons. The molecule has 1 aliphatic carbocycles. The molecule has 2 rings (SSSR count). The number of anilines is 1. The van der Waals surface area contributed by atoms with Crippen LogP contribution in [0, 0.1) is 21.4 Å². The molecule has 1 N–H and O–H groups in total. The van der Waals surface area contributed by atoms with Crippen molar-refractivity contribution in [2.24, 2.45) is 0 Å². The van der Waals surface area contributed by atoms with Crippen molar-refractivity contribution in [3.63, 3.8) is 0 Å². The molecular weight excluding hydrogens is 208 g/mol. The summed E-state index contributed by atoms with van der Waals surface area (Å²) in [4.78, 5) is 14.2. The Morgan fingerprint density at radius 3 is 2.88 bits per heavy atom. The fraction of sp³-hybridized carbons (Fsp3) is 0.400. The summed E-state index contributed by atoms with van der Waals surface area (Å²) in [5, 5.41) is 22.5. The molecule has 1 saturated carbocycles. The van der Waals surface area contributed by atoms with Crippen LogP contribution in [-0.2, 0) is 0 Å². The van der Waals surface area contributed by atoms with Gasteiger partial charge in [-0.1, -0.05) is 0 Å². The van der Waals surface area contributed by atoms with E-state index in [1.54, 1.807) is 0 Å². The molecule has 0 unspecified atom stereocenters. The molecule has 0 amide bonds. The first-order chi connectivity index (χ1) is 7.54. The lowest BCUT2D eigenvalue weighted by atomic mass is 10.2.